The van der Waals surface area contributed by atoms with E-state index in [0.717, 1.165) is 103 Å². The van der Waals surface area contributed by atoms with Gasteiger partial charge in [0, 0.05) is 6.42 Å². The Morgan fingerprint density at radius 3 is 1.55 bits per heavy atom. The molecule has 2 aliphatic heterocycles. The fourth-order valence-electron chi connectivity index (χ4n) is 8.11. The molecule has 2 saturated heterocycles. The third-order valence-corrected chi connectivity index (χ3v) is 12.5. The Morgan fingerprint density at radius 1 is 0.521 bits per heavy atom. The van der Waals surface area contributed by atoms with E-state index in [1.54, 1.807) is 6.08 Å². The number of amides is 1. The number of carbonyl (C=O) groups is 1. The summed E-state index contributed by atoms with van der Waals surface area (Å²) < 4.78 is 22.7. The van der Waals surface area contributed by atoms with Crippen LogP contribution >= 0.6 is 0 Å². The van der Waals surface area contributed by atoms with Gasteiger partial charge in [-0.3, -0.25) is 4.79 Å². The van der Waals surface area contributed by atoms with Crippen LogP contribution in [0.3, 0.4) is 0 Å². The molecule has 12 unspecified atom stereocenters. The highest BCUT2D eigenvalue weighted by Gasteiger charge is 2.51. The Balaban J connectivity index is 1.82. The number of aliphatic hydroxyl groups excluding tert-OH is 8. The lowest BCUT2D eigenvalue weighted by atomic mass is 9.97. The molecule has 0 radical (unpaired) electrons. The van der Waals surface area contributed by atoms with Crippen LogP contribution in [0, 0.1) is 0 Å². The lowest BCUT2D eigenvalue weighted by Crippen LogP contribution is -2.65. The van der Waals surface area contributed by atoms with Gasteiger partial charge in [0.1, 0.15) is 48.8 Å². The van der Waals surface area contributed by atoms with Crippen LogP contribution in [-0.4, -0.2) is 140 Å². The lowest BCUT2D eigenvalue weighted by molar-refractivity contribution is -0.359. The van der Waals surface area contributed by atoms with E-state index in [9.17, 15) is 45.6 Å². The van der Waals surface area contributed by atoms with E-state index in [0.29, 0.717) is 12.8 Å². The zero-order valence-electron chi connectivity index (χ0n) is 43.2. The minimum atomic E-state index is -1.80. The molecule has 14 nitrogen and oxygen atoms in total. The summed E-state index contributed by atoms with van der Waals surface area (Å²) in [7, 11) is 0. The molecule has 0 aliphatic carbocycles. The van der Waals surface area contributed by atoms with Gasteiger partial charge in [-0.25, -0.2) is 0 Å². The van der Waals surface area contributed by atoms with Crippen LogP contribution in [0.1, 0.15) is 162 Å². The van der Waals surface area contributed by atoms with Gasteiger partial charge in [0.2, 0.25) is 5.91 Å². The number of carbonyl (C=O) groups excluding carboxylic acids is 1. The third kappa shape index (κ3) is 28.8. The van der Waals surface area contributed by atoms with Gasteiger partial charge in [-0.15, -0.1) is 0 Å². The summed E-state index contributed by atoms with van der Waals surface area (Å²) in [6.07, 6.45) is 40.1. The monoisotopic (exact) mass is 1000 g/mol. The summed E-state index contributed by atoms with van der Waals surface area (Å²) in [4.78, 5) is 13.2. The minimum absolute atomic E-state index is 0.251. The SMILES string of the molecule is CC/C=C\C/C=C\C/C=C\C/C=C\C/C=C\CCCCCCCCCC(=O)NC(COC1OC(CO)C(OC2OC(CO)C(O)C(O)C2O)C(O)C1O)C(O)/C=C/CC/C=C/CC/C=C/CCCCCC. The molecule has 1 amide bonds. The van der Waals surface area contributed by atoms with Gasteiger partial charge in [0.15, 0.2) is 12.6 Å². The number of aliphatic hydroxyl groups is 8. The second kappa shape index (κ2) is 42.3. The fourth-order valence-corrected chi connectivity index (χ4v) is 8.11. The molecule has 2 aliphatic rings. The highest BCUT2D eigenvalue weighted by molar-refractivity contribution is 5.76. The minimum Gasteiger partial charge on any atom is -0.394 e. The molecule has 12 atom stereocenters. The number of allylic oxidation sites excluding steroid dienone is 15. The quantitative estimate of drug-likeness (QED) is 0.0210. The third-order valence-electron chi connectivity index (χ3n) is 12.5. The van der Waals surface area contributed by atoms with Crippen LogP contribution in [0.5, 0.6) is 0 Å². The summed E-state index contributed by atoms with van der Waals surface area (Å²) >= 11 is 0. The Kier molecular flexibility index (Phi) is 38.1. The van der Waals surface area contributed by atoms with Gasteiger partial charge in [0.25, 0.3) is 0 Å². The van der Waals surface area contributed by atoms with Crippen molar-refractivity contribution < 1.29 is 64.6 Å². The maximum absolute atomic E-state index is 13.2. The van der Waals surface area contributed by atoms with Crippen LogP contribution in [0.15, 0.2) is 97.2 Å². The second-order valence-electron chi connectivity index (χ2n) is 18.6. The predicted molar refractivity (Wildman–Crippen MR) is 281 cm³/mol. The number of ether oxygens (including phenoxy) is 4. The van der Waals surface area contributed by atoms with Crippen LogP contribution in [-0.2, 0) is 23.7 Å². The highest BCUT2D eigenvalue weighted by atomic mass is 16.7. The van der Waals surface area contributed by atoms with Crippen LogP contribution < -0.4 is 5.32 Å². The maximum Gasteiger partial charge on any atom is 0.220 e. The van der Waals surface area contributed by atoms with Crippen molar-refractivity contribution in [2.24, 2.45) is 0 Å². The molecule has 406 valence electrons. The van der Waals surface area contributed by atoms with E-state index < -0.39 is 86.8 Å². The molecule has 0 aromatic heterocycles. The van der Waals surface area contributed by atoms with Crippen molar-refractivity contribution >= 4 is 5.91 Å². The summed E-state index contributed by atoms with van der Waals surface area (Å²) in [6.45, 7) is 2.59. The zero-order chi connectivity index (χ0) is 51.7. The summed E-state index contributed by atoms with van der Waals surface area (Å²) in [5.74, 6) is -0.271. The topological polar surface area (TPSA) is 228 Å². The number of nitrogens with one attached hydrogen (secondary N) is 1. The van der Waals surface area contributed by atoms with E-state index in [4.69, 9.17) is 18.9 Å². The molecule has 2 rings (SSSR count). The average Bonchev–Trinajstić information content (AvgIpc) is 3.37. The van der Waals surface area contributed by atoms with Gasteiger partial charge < -0.3 is 65.1 Å². The molecule has 2 fully saturated rings. The van der Waals surface area contributed by atoms with Crippen molar-refractivity contribution in [1.29, 1.82) is 0 Å². The summed E-state index contributed by atoms with van der Waals surface area (Å²) in [5.41, 5.74) is 0. The van der Waals surface area contributed by atoms with Gasteiger partial charge in [0.05, 0.1) is 32.0 Å². The molecular weight excluding hydrogens is 907 g/mol. The number of rotatable bonds is 40. The van der Waals surface area contributed by atoms with Gasteiger partial charge in [-0.1, -0.05) is 162 Å². The molecule has 9 N–H and O–H groups in total. The van der Waals surface area contributed by atoms with E-state index in [1.807, 2.05) is 6.08 Å². The number of unbranched alkanes of at least 4 members (excludes halogenated alkanes) is 13. The standard InChI is InChI=1S/C57H95NO13/c1-3-5-7-9-11-13-15-17-19-20-21-22-23-24-25-26-27-29-31-33-35-37-39-41-49(62)58-45(46(61)40-38-36-34-32-30-28-18-16-14-12-10-8-6-4-2)44-68-56-54(67)52(65)55(48(43-60)70-56)71-57-53(66)51(64)50(63)47(42-59)69-57/h5,7,11,13-14,16-17,19,21-22,24-25,30,32,38,40,45-48,50-57,59-61,63-67H,3-4,6,8-10,12,15,18,20,23,26-29,31,33-37,39,41-44H2,1-2H3,(H,58,62)/b7-5-,13-11-,16-14+,19-17-,22-21-,25-24-,32-30+,40-38+. The zero-order valence-corrected chi connectivity index (χ0v) is 43.2. The average molecular weight is 1000 g/mol. The molecule has 0 saturated carbocycles. The Labute approximate surface area is 426 Å². The lowest BCUT2D eigenvalue weighted by Gasteiger charge is -2.46. The van der Waals surface area contributed by atoms with Gasteiger partial charge in [-0.05, 0) is 89.9 Å². The van der Waals surface area contributed by atoms with E-state index in [-0.39, 0.29) is 18.9 Å². The maximum atomic E-state index is 13.2. The molecule has 0 spiro atoms. The summed E-state index contributed by atoms with van der Waals surface area (Å²) in [5, 5.41) is 86.8. The molecule has 14 heteroatoms. The van der Waals surface area contributed by atoms with Crippen molar-refractivity contribution in [3.8, 4) is 0 Å². The van der Waals surface area contributed by atoms with Crippen molar-refractivity contribution in [3.63, 3.8) is 0 Å². The van der Waals surface area contributed by atoms with Crippen molar-refractivity contribution in [1.82, 2.24) is 5.32 Å². The first-order valence-electron chi connectivity index (χ1n) is 27.0. The van der Waals surface area contributed by atoms with Crippen molar-refractivity contribution in [3.05, 3.63) is 97.2 Å². The first kappa shape index (κ1) is 64.0. The Morgan fingerprint density at radius 2 is 0.986 bits per heavy atom. The smallest absolute Gasteiger partial charge is 0.220 e. The molecule has 71 heavy (non-hydrogen) atoms. The molecule has 0 bridgehead atoms. The Bertz CT molecular complexity index is 1560. The second-order valence-corrected chi connectivity index (χ2v) is 18.6. The van der Waals surface area contributed by atoms with E-state index >= 15 is 0 Å². The fraction of sp³-hybridized carbons (Fsp3) is 0.702. The largest absolute Gasteiger partial charge is 0.394 e. The Hall–Kier alpha value is -3.09. The van der Waals surface area contributed by atoms with Gasteiger partial charge >= 0.3 is 0 Å². The number of hydrogen-bond donors (Lipinski definition) is 9. The highest BCUT2D eigenvalue weighted by Crippen LogP contribution is 2.30. The van der Waals surface area contributed by atoms with Crippen molar-refractivity contribution in [2.75, 3.05) is 19.8 Å². The normalized spacial score (nSPS) is 26.6. The van der Waals surface area contributed by atoms with E-state index in [2.05, 4.69) is 104 Å². The van der Waals surface area contributed by atoms with Crippen molar-refractivity contribution in [2.45, 2.75) is 235 Å². The molecule has 0 aromatic carbocycles. The van der Waals surface area contributed by atoms with E-state index in [1.165, 1.54) is 25.7 Å². The first-order chi connectivity index (χ1) is 34.6. The molecule has 0 aromatic rings. The predicted octanol–water partition coefficient (Wildman–Crippen LogP) is 7.93. The van der Waals surface area contributed by atoms with Gasteiger partial charge in [-0.2, -0.15) is 0 Å². The van der Waals surface area contributed by atoms with Crippen LogP contribution in [0.2, 0.25) is 0 Å². The molecule has 2 heterocycles. The summed E-state index contributed by atoms with van der Waals surface area (Å²) in [6, 6.07) is -0.949. The first-order valence-corrected chi connectivity index (χ1v) is 27.0. The van der Waals surface area contributed by atoms with Crippen LogP contribution in [0.25, 0.3) is 0 Å². The van der Waals surface area contributed by atoms with Crippen LogP contribution in [0.4, 0.5) is 0 Å². The molecular formula is C57H95NO13. The number of hydrogen-bond acceptors (Lipinski definition) is 13.